The summed E-state index contributed by atoms with van der Waals surface area (Å²) in [5, 5.41) is 3.04. The molecule has 2 amide bonds. The number of rotatable bonds is 11. The molecule has 35 heavy (non-hydrogen) atoms. The molecular formula is C30H36N2O3. The van der Waals surface area contributed by atoms with Crippen LogP contribution in [0.3, 0.4) is 0 Å². The van der Waals surface area contributed by atoms with Gasteiger partial charge in [0.05, 0.1) is 0 Å². The highest BCUT2D eigenvalue weighted by Gasteiger charge is 2.30. The molecule has 3 aromatic rings. The highest BCUT2D eigenvalue weighted by Crippen LogP contribution is 2.20. The van der Waals surface area contributed by atoms with Crippen LogP contribution in [0.4, 0.5) is 0 Å². The molecule has 0 radical (unpaired) electrons. The standard InChI is InChI=1S/C30H36N2O3/c1-22(2)19-31-30(34)27(18-25-11-7-5-8-12-25)32(20-26-13-9-6-10-14-26)29(33)21-35-28-16-15-23(3)17-24(28)4/h5-17,22,27H,18-21H2,1-4H3,(H,31,34). The van der Waals surface area contributed by atoms with Crippen molar-refractivity contribution in [2.75, 3.05) is 13.2 Å². The van der Waals surface area contributed by atoms with Crippen molar-refractivity contribution in [3.63, 3.8) is 0 Å². The summed E-state index contributed by atoms with van der Waals surface area (Å²) in [6, 6.07) is 24.8. The van der Waals surface area contributed by atoms with E-state index in [-0.39, 0.29) is 18.4 Å². The summed E-state index contributed by atoms with van der Waals surface area (Å²) >= 11 is 0. The molecule has 0 fully saturated rings. The van der Waals surface area contributed by atoms with Crippen LogP contribution in [0.15, 0.2) is 78.9 Å². The number of hydrogen-bond donors (Lipinski definition) is 1. The average molecular weight is 473 g/mol. The van der Waals surface area contributed by atoms with E-state index in [9.17, 15) is 9.59 Å². The molecule has 0 saturated heterocycles. The van der Waals surface area contributed by atoms with Gasteiger partial charge >= 0.3 is 0 Å². The van der Waals surface area contributed by atoms with Crippen LogP contribution in [0.2, 0.25) is 0 Å². The fourth-order valence-electron chi connectivity index (χ4n) is 3.94. The van der Waals surface area contributed by atoms with Crippen LogP contribution in [0.5, 0.6) is 5.75 Å². The van der Waals surface area contributed by atoms with Gasteiger partial charge in [0.2, 0.25) is 5.91 Å². The number of carbonyl (C=O) groups is 2. The predicted octanol–water partition coefficient (Wildman–Crippen LogP) is 5.09. The molecule has 0 saturated carbocycles. The third-order valence-electron chi connectivity index (χ3n) is 5.83. The van der Waals surface area contributed by atoms with E-state index in [2.05, 4.69) is 19.2 Å². The molecule has 0 spiro atoms. The topological polar surface area (TPSA) is 58.6 Å². The molecule has 0 aliphatic carbocycles. The molecule has 0 bridgehead atoms. The first-order valence-corrected chi connectivity index (χ1v) is 12.2. The highest BCUT2D eigenvalue weighted by molar-refractivity contribution is 5.88. The monoisotopic (exact) mass is 472 g/mol. The molecule has 5 nitrogen and oxygen atoms in total. The molecule has 5 heteroatoms. The lowest BCUT2D eigenvalue weighted by Gasteiger charge is -2.31. The maximum absolute atomic E-state index is 13.6. The SMILES string of the molecule is Cc1ccc(OCC(=O)N(Cc2ccccc2)C(Cc2ccccc2)C(=O)NCC(C)C)c(C)c1. The lowest BCUT2D eigenvalue weighted by Crippen LogP contribution is -2.52. The fourth-order valence-corrected chi connectivity index (χ4v) is 3.94. The molecular weight excluding hydrogens is 436 g/mol. The Labute approximate surface area is 209 Å². The lowest BCUT2D eigenvalue weighted by atomic mass is 10.0. The van der Waals surface area contributed by atoms with Crippen LogP contribution < -0.4 is 10.1 Å². The third-order valence-corrected chi connectivity index (χ3v) is 5.83. The fraction of sp³-hybridized carbons (Fsp3) is 0.333. The molecule has 1 N–H and O–H groups in total. The lowest BCUT2D eigenvalue weighted by molar-refractivity contribution is -0.142. The Morgan fingerprint density at radius 1 is 0.886 bits per heavy atom. The van der Waals surface area contributed by atoms with Crippen LogP contribution >= 0.6 is 0 Å². The molecule has 0 heterocycles. The van der Waals surface area contributed by atoms with Crippen molar-refractivity contribution in [1.82, 2.24) is 10.2 Å². The summed E-state index contributed by atoms with van der Waals surface area (Å²) in [5.41, 5.74) is 4.07. The summed E-state index contributed by atoms with van der Waals surface area (Å²) in [5.74, 6) is 0.600. The van der Waals surface area contributed by atoms with Crippen molar-refractivity contribution in [3.05, 3.63) is 101 Å². The smallest absolute Gasteiger partial charge is 0.261 e. The Balaban J connectivity index is 1.88. The van der Waals surface area contributed by atoms with Crippen molar-refractivity contribution < 1.29 is 14.3 Å². The minimum Gasteiger partial charge on any atom is -0.483 e. The van der Waals surface area contributed by atoms with Crippen LogP contribution in [0.25, 0.3) is 0 Å². The summed E-state index contributed by atoms with van der Waals surface area (Å²) in [6.07, 6.45) is 0.424. The number of nitrogens with zero attached hydrogens (tertiary/aromatic N) is 1. The van der Waals surface area contributed by atoms with E-state index in [0.717, 1.165) is 22.3 Å². The van der Waals surface area contributed by atoms with Crippen LogP contribution in [-0.4, -0.2) is 35.9 Å². The number of hydrogen-bond acceptors (Lipinski definition) is 3. The molecule has 184 valence electrons. The zero-order chi connectivity index (χ0) is 25.2. The number of benzene rings is 3. The minimum atomic E-state index is -0.661. The van der Waals surface area contributed by atoms with Gasteiger partial charge in [0, 0.05) is 19.5 Å². The maximum Gasteiger partial charge on any atom is 0.261 e. The number of nitrogens with one attached hydrogen (secondary N) is 1. The average Bonchev–Trinajstić information content (AvgIpc) is 2.85. The summed E-state index contributed by atoms with van der Waals surface area (Å²) in [6.45, 7) is 8.83. The molecule has 1 atom stereocenters. The molecule has 0 aromatic heterocycles. The molecule has 0 aliphatic rings. The van der Waals surface area contributed by atoms with Gasteiger partial charge in [-0.25, -0.2) is 0 Å². The van der Waals surface area contributed by atoms with Crippen molar-refractivity contribution in [3.8, 4) is 5.75 Å². The third kappa shape index (κ3) is 7.99. The summed E-state index contributed by atoms with van der Waals surface area (Å²) in [7, 11) is 0. The number of ether oxygens (including phenoxy) is 1. The molecule has 1 unspecified atom stereocenters. The molecule has 0 aliphatic heterocycles. The summed E-state index contributed by atoms with van der Waals surface area (Å²) < 4.78 is 5.93. The quantitative estimate of drug-likeness (QED) is 0.423. The first kappa shape index (κ1) is 26.0. The van der Waals surface area contributed by atoms with E-state index in [1.165, 1.54) is 0 Å². The van der Waals surface area contributed by atoms with Crippen molar-refractivity contribution in [2.24, 2.45) is 5.92 Å². The Bertz CT molecular complexity index is 1100. The second kappa shape index (κ2) is 12.7. The van der Waals surface area contributed by atoms with Gasteiger partial charge in [-0.05, 0) is 42.5 Å². The molecule has 3 rings (SSSR count). The van der Waals surface area contributed by atoms with Crippen LogP contribution in [-0.2, 0) is 22.6 Å². The predicted molar refractivity (Wildman–Crippen MR) is 140 cm³/mol. The van der Waals surface area contributed by atoms with Crippen molar-refractivity contribution in [2.45, 2.75) is 46.7 Å². The Morgan fingerprint density at radius 3 is 2.11 bits per heavy atom. The highest BCUT2D eigenvalue weighted by atomic mass is 16.5. The van der Waals surface area contributed by atoms with Gasteiger partial charge < -0.3 is 15.0 Å². The number of carbonyl (C=O) groups excluding carboxylic acids is 2. The largest absolute Gasteiger partial charge is 0.483 e. The van der Waals surface area contributed by atoms with Crippen LogP contribution in [0, 0.1) is 19.8 Å². The zero-order valence-electron chi connectivity index (χ0n) is 21.2. The van der Waals surface area contributed by atoms with Gasteiger partial charge in [-0.1, -0.05) is 92.2 Å². The first-order chi connectivity index (χ1) is 16.8. The van der Waals surface area contributed by atoms with Gasteiger partial charge in [0.1, 0.15) is 11.8 Å². The van der Waals surface area contributed by atoms with Crippen LogP contribution in [0.1, 0.15) is 36.1 Å². The van der Waals surface area contributed by atoms with Crippen molar-refractivity contribution in [1.29, 1.82) is 0 Å². The van der Waals surface area contributed by atoms with Gasteiger partial charge in [-0.3, -0.25) is 9.59 Å². The van der Waals surface area contributed by atoms with E-state index >= 15 is 0 Å². The van der Waals surface area contributed by atoms with E-state index in [0.29, 0.717) is 31.2 Å². The Morgan fingerprint density at radius 2 is 1.51 bits per heavy atom. The second-order valence-electron chi connectivity index (χ2n) is 9.41. The number of aryl methyl sites for hydroxylation is 2. The van der Waals surface area contributed by atoms with E-state index < -0.39 is 6.04 Å². The zero-order valence-corrected chi connectivity index (χ0v) is 21.2. The molecule has 3 aromatic carbocycles. The normalized spacial score (nSPS) is 11.7. The maximum atomic E-state index is 13.6. The minimum absolute atomic E-state index is 0.139. The Kier molecular flexibility index (Phi) is 9.47. The summed E-state index contributed by atoms with van der Waals surface area (Å²) in [4.78, 5) is 28.7. The van der Waals surface area contributed by atoms with Gasteiger partial charge in [0.15, 0.2) is 6.61 Å². The first-order valence-electron chi connectivity index (χ1n) is 12.2. The van der Waals surface area contributed by atoms with Gasteiger partial charge in [-0.2, -0.15) is 0 Å². The van der Waals surface area contributed by atoms with Gasteiger partial charge in [-0.15, -0.1) is 0 Å². The van der Waals surface area contributed by atoms with E-state index in [4.69, 9.17) is 4.74 Å². The number of amides is 2. The second-order valence-corrected chi connectivity index (χ2v) is 9.41. The van der Waals surface area contributed by atoms with E-state index in [1.54, 1.807) is 4.90 Å². The van der Waals surface area contributed by atoms with Gasteiger partial charge in [0.25, 0.3) is 5.91 Å². The Hall–Kier alpha value is -3.60. The van der Waals surface area contributed by atoms with Crippen molar-refractivity contribution >= 4 is 11.8 Å². The van der Waals surface area contributed by atoms with E-state index in [1.807, 2.05) is 92.7 Å².